The molecule has 36 heteroatoms. The van der Waals surface area contributed by atoms with Gasteiger partial charge in [-0.15, -0.1) is 0 Å². The molecule has 0 aliphatic rings. The van der Waals surface area contributed by atoms with Crippen LogP contribution in [-0.2, 0) is 64.0 Å². The van der Waals surface area contributed by atoms with E-state index >= 15 is 0 Å². The van der Waals surface area contributed by atoms with Crippen LogP contribution >= 0.6 is 0 Å². The lowest BCUT2D eigenvalue weighted by molar-refractivity contribution is -0.137. The lowest BCUT2D eigenvalue weighted by Gasteiger charge is -2.31. The van der Waals surface area contributed by atoms with Crippen LogP contribution in [0.4, 0.5) is 0 Å². The van der Waals surface area contributed by atoms with Crippen molar-refractivity contribution in [1.82, 2.24) is 63.5 Å². The highest BCUT2D eigenvalue weighted by atomic mass is 16.2. The standard InChI is InChI=1S/C68H120N24O12/c1-14-37(11)52(64(103)87-47(30-40-32-81-42-22-17-16-21-41(40)42)58(97)84-44(24-19-27-79-67(74)75)56(95)83-43(54(71)93)23-18-26-78-66(72)73)91-57(96)45(25-20-28-80-68(76)77)85-63(102)51(36(9)10)89-55(94)39(13)82-62(101)50(35(7)8)90-65(104)53(38(12)15-2)92-59(98)46(29-33(3)4)86-60(99)48(31-69)88-61(100)49(70)34(5)6/h16-17,21-22,32-39,43-53,81H,14-15,18-20,23-31,69-70H2,1-13H3,(H2,71,93)(H,82,101)(H,83,95)(H,84,97)(H,85,102)(H,86,99)(H,87,103)(H,88,100)(H,89,94)(H,90,104)(H,91,96)(H,92,98)(H4,72,73,78)(H4,74,75,79)(H4,76,77,80)/t37-,38-,39-,43-,44-,45-,46-,47-,48-,49-,50-,51-,52-,53-/m0/s1. The van der Waals surface area contributed by atoms with Crippen molar-refractivity contribution >= 4 is 99.7 Å². The van der Waals surface area contributed by atoms with Crippen LogP contribution in [0.5, 0.6) is 0 Å². The van der Waals surface area contributed by atoms with Crippen LogP contribution < -0.4 is 110 Å². The summed E-state index contributed by atoms with van der Waals surface area (Å²) in [4.78, 5) is 184. The summed E-state index contributed by atoms with van der Waals surface area (Å²) in [5.74, 6) is -12.8. The minimum absolute atomic E-state index is 0.0107. The van der Waals surface area contributed by atoms with Crippen molar-refractivity contribution in [2.75, 3.05) is 26.2 Å². The summed E-state index contributed by atoms with van der Waals surface area (Å²) in [6.07, 6.45) is 2.73. The van der Waals surface area contributed by atoms with E-state index in [-0.39, 0.29) is 107 Å². The molecule has 0 bridgehead atoms. The number of aliphatic imine (C=N–C) groups is 3. The average Bonchev–Trinajstić information content (AvgIpc) is 1.69. The van der Waals surface area contributed by atoms with Crippen molar-refractivity contribution in [1.29, 1.82) is 0 Å². The summed E-state index contributed by atoms with van der Waals surface area (Å²) in [6.45, 7) is 21.9. The Kier molecular flexibility index (Phi) is 39.3. The van der Waals surface area contributed by atoms with Gasteiger partial charge in [-0.05, 0) is 99.0 Å². The molecule has 2 rings (SSSR count). The van der Waals surface area contributed by atoms with Crippen molar-refractivity contribution in [3.63, 3.8) is 0 Å². The highest BCUT2D eigenvalue weighted by Crippen LogP contribution is 2.21. The Labute approximate surface area is 609 Å². The van der Waals surface area contributed by atoms with Crippen LogP contribution in [0.25, 0.3) is 10.9 Å². The molecule has 36 nitrogen and oxygen atoms in total. The molecule has 2 aromatic rings. The molecular formula is C68H120N24O12. The number of hydrogen-bond acceptors (Lipinski definition) is 17. The van der Waals surface area contributed by atoms with Gasteiger partial charge in [0.25, 0.3) is 0 Å². The molecular weight excluding hydrogens is 1340 g/mol. The normalized spacial score (nSPS) is 15.4. The van der Waals surface area contributed by atoms with Gasteiger partial charge >= 0.3 is 0 Å². The third kappa shape index (κ3) is 31.0. The number of fused-ring (bicyclic) bond motifs is 1. The molecule has 0 fully saturated rings. The number of rotatable bonds is 47. The van der Waals surface area contributed by atoms with E-state index in [0.29, 0.717) is 29.3 Å². The Morgan fingerprint density at radius 3 is 1.23 bits per heavy atom. The number of carbonyl (C=O) groups excluding carboxylic acids is 12. The number of aromatic amines is 1. The van der Waals surface area contributed by atoms with Crippen molar-refractivity contribution < 1.29 is 57.5 Å². The van der Waals surface area contributed by atoms with Crippen LogP contribution in [0.1, 0.15) is 153 Å². The smallest absolute Gasteiger partial charge is 0.244 e. The minimum atomic E-state index is -1.44. The Bertz CT molecular complexity index is 3270. The molecule has 0 unspecified atom stereocenters. The van der Waals surface area contributed by atoms with E-state index in [4.69, 9.17) is 51.6 Å². The van der Waals surface area contributed by atoms with E-state index in [0.717, 1.165) is 0 Å². The SMILES string of the molecule is CC[C@H](C)[C@H](NC(=O)[C@H](CCCN=C(N)N)NC(=O)[C@@H](NC(=O)[C@H](C)NC(=O)[C@@H](NC(=O)[C@@H](NC(=O)[C@H](CC(C)C)NC(=O)[C@H](CN)NC(=O)[C@@H](N)C(C)C)[C@@H](C)CC)C(C)C)C(C)C)C(=O)N[C@@H](Cc1c[nH]c2ccccc12)C(=O)N[C@@H](CCCN=C(N)N)C(=O)N[C@@H](CCCN=C(N)N)C(N)=O. The number of para-hydroxylation sites is 1. The first-order valence-electron chi connectivity index (χ1n) is 35.6. The first-order chi connectivity index (χ1) is 48.8. The van der Waals surface area contributed by atoms with Gasteiger partial charge in [0.15, 0.2) is 17.9 Å². The van der Waals surface area contributed by atoms with Crippen molar-refractivity contribution in [2.24, 2.45) is 102 Å². The summed E-state index contributed by atoms with van der Waals surface area (Å²) in [5, 5.41) is 30.4. The second-order valence-electron chi connectivity index (χ2n) is 27.7. The van der Waals surface area contributed by atoms with Gasteiger partial charge in [-0.1, -0.05) is 114 Å². The molecule has 30 N–H and O–H groups in total. The van der Waals surface area contributed by atoms with Gasteiger partial charge in [0.05, 0.1) is 6.04 Å². The number of primary amides is 1. The van der Waals surface area contributed by atoms with Gasteiger partial charge < -0.3 is 115 Å². The molecule has 0 radical (unpaired) electrons. The zero-order valence-corrected chi connectivity index (χ0v) is 62.6. The van der Waals surface area contributed by atoms with Crippen molar-refractivity contribution in [2.45, 2.75) is 227 Å². The van der Waals surface area contributed by atoms with E-state index in [1.165, 1.54) is 6.92 Å². The Morgan fingerprint density at radius 2 is 0.779 bits per heavy atom. The Morgan fingerprint density at radius 1 is 0.413 bits per heavy atom. The number of nitrogens with one attached hydrogen (secondary N) is 12. The number of hydrogen-bond donors (Lipinski definition) is 21. The maximum atomic E-state index is 14.9. The molecule has 584 valence electrons. The van der Waals surface area contributed by atoms with Gasteiger partial charge in [0.1, 0.15) is 66.5 Å². The van der Waals surface area contributed by atoms with Crippen LogP contribution in [0.2, 0.25) is 0 Å². The van der Waals surface area contributed by atoms with Crippen LogP contribution in [0, 0.1) is 35.5 Å². The molecule has 1 aromatic heterocycles. The molecule has 0 aliphatic heterocycles. The van der Waals surface area contributed by atoms with Crippen molar-refractivity contribution in [3.05, 3.63) is 36.0 Å². The molecule has 0 saturated carbocycles. The first-order valence-corrected chi connectivity index (χ1v) is 35.6. The lowest BCUT2D eigenvalue weighted by atomic mass is 9.95. The van der Waals surface area contributed by atoms with Gasteiger partial charge in [0, 0.05) is 49.7 Å². The average molecular weight is 1470 g/mol. The molecule has 0 saturated heterocycles. The monoisotopic (exact) mass is 1460 g/mol. The fraction of sp³-hybridized carbons (Fsp3) is 0.662. The predicted molar refractivity (Wildman–Crippen MR) is 398 cm³/mol. The fourth-order valence-electron chi connectivity index (χ4n) is 10.8. The van der Waals surface area contributed by atoms with E-state index in [2.05, 4.69) is 78.4 Å². The van der Waals surface area contributed by atoms with Crippen LogP contribution in [-0.4, -0.2) is 192 Å². The van der Waals surface area contributed by atoms with E-state index in [9.17, 15) is 57.5 Å². The highest BCUT2D eigenvalue weighted by Gasteiger charge is 2.39. The number of guanidine groups is 3. The number of amides is 12. The summed E-state index contributed by atoms with van der Waals surface area (Å²) in [7, 11) is 0. The second-order valence-corrected chi connectivity index (χ2v) is 27.7. The molecule has 14 atom stereocenters. The summed E-state index contributed by atoms with van der Waals surface area (Å²) < 4.78 is 0. The second kappa shape index (κ2) is 45.3. The Balaban J connectivity index is 2.51. The quantitative estimate of drug-likeness (QED) is 0.0171. The van der Waals surface area contributed by atoms with Crippen molar-refractivity contribution in [3.8, 4) is 0 Å². The molecule has 104 heavy (non-hydrogen) atoms. The molecule has 0 aliphatic carbocycles. The number of H-pyrrole nitrogens is 1. The molecule has 12 amide bonds. The first kappa shape index (κ1) is 90.2. The fourth-order valence-corrected chi connectivity index (χ4v) is 10.8. The van der Waals surface area contributed by atoms with E-state index in [1.807, 2.05) is 26.0 Å². The largest absolute Gasteiger partial charge is 0.370 e. The maximum absolute atomic E-state index is 14.9. The summed E-state index contributed by atoms with van der Waals surface area (Å²) in [5.41, 5.74) is 52.1. The number of benzene rings is 1. The summed E-state index contributed by atoms with van der Waals surface area (Å²) >= 11 is 0. The number of nitrogens with zero attached hydrogens (tertiary/aromatic N) is 3. The zero-order chi connectivity index (χ0) is 78.8. The van der Waals surface area contributed by atoms with E-state index in [1.54, 1.807) is 87.6 Å². The number of nitrogens with two attached hydrogens (primary N) is 9. The van der Waals surface area contributed by atoms with Gasteiger partial charge in [-0.3, -0.25) is 72.5 Å². The predicted octanol–water partition coefficient (Wildman–Crippen LogP) is -3.90. The molecule has 1 aromatic carbocycles. The van der Waals surface area contributed by atoms with Crippen LogP contribution in [0.15, 0.2) is 45.4 Å². The minimum Gasteiger partial charge on any atom is -0.370 e. The number of aromatic nitrogens is 1. The third-order valence-corrected chi connectivity index (χ3v) is 17.6. The van der Waals surface area contributed by atoms with Gasteiger partial charge in [-0.2, -0.15) is 0 Å². The zero-order valence-electron chi connectivity index (χ0n) is 62.6. The topological polar surface area (TPSA) is 624 Å². The van der Waals surface area contributed by atoms with Gasteiger partial charge in [-0.25, -0.2) is 0 Å². The van der Waals surface area contributed by atoms with Crippen LogP contribution in [0.3, 0.4) is 0 Å². The maximum Gasteiger partial charge on any atom is 0.244 e. The highest BCUT2D eigenvalue weighted by molar-refractivity contribution is 6.00. The lowest BCUT2D eigenvalue weighted by Crippen LogP contribution is -2.62. The van der Waals surface area contributed by atoms with E-state index < -0.39 is 167 Å². The number of carbonyl (C=O) groups is 12. The summed E-state index contributed by atoms with van der Waals surface area (Å²) in [6, 6.07) is -8.12. The molecule has 0 spiro atoms. The third-order valence-electron chi connectivity index (χ3n) is 17.6. The molecule has 1 heterocycles. The Hall–Kier alpha value is -9.87. The van der Waals surface area contributed by atoms with Gasteiger partial charge in [0.2, 0.25) is 70.9 Å².